The first kappa shape index (κ1) is 24.1. The van der Waals surface area contributed by atoms with Crippen molar-refractivity contribution in [3.8, 4) is 11.5 Å². The van der Waals surface area contributed by atoms with Gasteiger partial charge in [0.1, 0.15) is 17.3 Å². The van der Waals surface area contributed by atoms with Crippen LogP contribution in [0.1, 0.15) is 29.8 Å². The first-order valence-corrected chi connectivity index (χ1v) is 11.4. The number of hydrogen-bond donors (Lipinski definition) is 2. The van der Waals surface area contributed by atoms with Crippen LogP contribution in [-0.4, -0.2) is 24.5 Å². The summed E-state index contributed by atoms with van der Waals surface area (Å²) in [7, 11) is 0. The van der Waals surface area contributed by atoms with Crippen LogP contribution in [0.3, 0.4) is 0 Å². The predicted octanol–water partition coefficient (Wildman–Crippen LogP) is 4.75. The molecule has 0 unspecified atom stereocenters. The van der Waals surface area contributed by atoms with Crippen LogP contribution >= 0.6 is 11.8 Å². The highest BCUT2D eigenvalue weighted by Crippen LogP contribution is 2.27. The van der Waals surface area contributed by atoms with Gasteiger partial charge in [0.25, 0.3) is 11.8 Å². The molecule has 2 N–H and O–H groups in total. The van der Waals surface area contributed by atoms with Gasteiger partial charge in [-0.1, -0.05) is 30.3 Å². The zero-order chi connectivity index (χ0) is 23.6. The van der Waals surface area contributed by atoms with Gasteiger partial charge < -0.3 is 9.47 Å². The Balaban J connectivity index is 1.54. The van der Waals surface area contributed by atoms with Gasteiger partial charge in [-0.25, -0.2) is 4.39 Å². The summed E-state index contributed by atoms with van der Waals surface area (Å²) in [5.41, 5.74) is 5.72. The summed E-state index contributed by atoms with van der Waals surface area (Å²) in [6, 6.07) is 20.4. The minimum Gasteiger partial charge on any atom is -0.494 e. The fourth-order valence-electron chi connectivity index (χ4n) is 2.88. The topological polar surface area (TPSA) is 76.7 Å². The molecule has 0 spiro atoms. The fraction of sp³-hybridized carbons (Fsp3) is 0.200. The lowest BCUT2D eigenvalue weighted by Gasteiger charge is -2.16. The average molecular weight is 469 g/mol. The number of benzene rings is 3. The van der Waals surface area contributed by atoms with Crippen molar-refractivity contribution in [1.29, 1.82) is 0 Å². The standard InChI is InChI=1S/C25H25FN2O4S/c1-3-31-19-12-14-20(15-13-19)32-17(2)24(29)27-28-25(30)21-9-5-7-11-23(21)33-16-18-8-4-6-10-22(18)26/h4-15,17H,3,16H2,1-2H3,(H,27,29)(H,28,30)/t17-/m1/s1. The van der Waals surface area contributed by atoms with Gasteiger partial charge in [0.15, 0.2) is 6.10 Å². The second kappa shape index (κ2) is 11.9. The van der Waals surface area contributed by atoms with Gasteiger partial charge >= 0.3 is 0 Å². The lowest BCUT2D eigenvalue weighted by Crippen LogP contribution is -2.47. The molecule has 1 atom stereocenters. The van der Waals surface area contributed by atoms with E-state index in [4.69, 9.17) is 9.47 Å². The number of nitrogens with one attached hydrogen (secondary N) is 2. The van der Waals surface area contributed by atoms with E-state index in [2.05, 4.69) is 10.9 Å². The summed E-state index contributed by atoms with van der Waals surface area (Å²) in [6.45, 7) is 4.03. The van der Waals surface area contributed by atoms with E-state index in [0.29, 0.717) is 39.9 Å². The van der Waals surface area contributed by atoms with E-state index in [-0.39, 0.29) is 5.82 Å². The highest BCUT2D eigenvalue weighted by Gasteiger charge is 2.17. The first-order valence-electron chi connectivity index (χ1n) is 10.4. The summed E-state index contributed by atoms with van der Waals surface area (Å²) in [5, 5.41) is 0. The van der Waals surface area contributed by atoms with Gasteiger partial charge in [0.05, 0.1) is 12.2 Å². The normalized spacial score (nSPS) is 11.4. The quantitative estimate of drug-likeness (QED) is 0.350. The predicted molar refractivity (Wildman–Crippen MR) is 126 cm³/mol. The minimum absolute atomic E-state index is 0.291. The summed E-state index contributed by atoms with van der Waals surface area (Å²) in [5.74, 6) is 0.307. The van der Waals surface area contributed by atoms with Crippen molar-refractivity contribution in [3.05, 3.63) is 89.7 Å². The maximum Gasteiger partial charge on any atom is 0.279 e. The lowest BCUT2D eigenvalue weighted by atomic mass is 10.2. The van der Waals surface area contributed by atoms with Gasteiger partial charge in [-0.15, -0.1) is 11.8 Å². The number of thioether (sulfide) groups is 1. The van der Waals surface area contributed by atoms with Crippen molar-refractivity contribution >= 4 is 23.6 Å². The summed E-state index contributed by atoms with van der Waals surface area (Å²) < 4.78 is 24.9. The molecule has 0 radical (unpaired) electrons. The van der Waals surface area contributed by atoms with Crippen LogP contribution in [0.15, 0.2) is 77.7 Å². The van der Waals surface area contributed by atoms with Crippen LogP contribution in [-0.2, 0) is 10.5 Å². The number of hydrogen-bond acceptors (Lipinski definition) is 5. The molecule has 33 heavy (non-hydrogen) atoms. The van der Waals surface area contributed by atoms with Gasteiger partial charge in [-0.05, 0) is 61.9 Å². The second-order valence-corrected chi connectivity index (χ2v) is 8.00. The first-order chi connectivity index (χ1) is 16.0. The van der Waals surface area contributed by atoms with Crippen LogP contribution in [0, 0.1) is 5.82 Å². The van der Waals surface area contributed by atoms with E-state index in [1.165, 1.54) is 17.8 Å². The molecular weight excluding hydrogens is 443 g/mol. The molecule has 172 valence electrons. The summed E-state index contributed by atoms with van der Waals surface area (Å²) in [6.07, 6.45) is -0.839. The Morgan fingerprint density at radius 2 is 1.61 bits per heavy atom. The SMILES string of the molecule is CCOc1ccc(O[C@H](C)C(=O)NNC(=O)c2ccccc2SCc2ccccc2F)cc1. The molecule has 0 heterocycles. The number of amides is 2. The minimum atomic E-state index is -0.839. The third-order valence-electron chi connectivity index (χ3n) is 4.59. The van der Waals surface area contributed by atoms with Crippen molar-refractivity contribution in [2.75, 3.05) is 6.61 Å². The molecule has 0 saturated carbocycles. The second-order valence-electron chi connectivity index (χ2n) is 6.98. The van der Waals surface area contributed by atoms with E-state index in [1.54, 1.807) is 73.7 Å². The van der Waals surface area contributed by atoms with Crippen LogP contribution in [0.25, 0.3) is 0 Å². The molecule has 0 bridgehead atoms. The summed E-state index contributed by atoms with van der Waals surface area (Å²) in [4.78, 5) is 25.7. The van der Waals surface area contributed by atoms with Gasteiger partial charge in [-0.2, -0.15) is 0 Å². The molecule has 0 aliphatic rings. The molecule has 0 aromatic heterocycles. The Morgan fingerprint density at radius 3 is 2.33 bits per heavy atom. The molecular formula is C25H25FN2O4S. The van der Waals surface area contributed by atoms with Crippen molar-refractivity contribution in [3.63, 3.8) is 0 Å². The van der Waals surface area contributed by atoms with Gasteiger partial charge in [0.2, 0.25) is 0 Å². The summed E-state index contributed by atoms with van der Waals surface area (Å²) >= 11 is 1.34. The monoisotopic (exact) mass is 468 g/mol. The largest absolute Gasteiger partial charge is 0.494 e. The zero-order valence-electron chi connectivity index (χ0n) is 18.3. The number of rotatable bonds is 9. The van der Waals surface area contributed by atoms with Crippen LogP contribution in [0.5, 0.6) is 11.5 Å². The number of hydrazine groups is 1. The molecule has 0 aliphatic heterocycles. The van der Waals surface area contributed by atoms with E-state index in [9.17, 15) is 14.0 Å². The number of carbonyl (C=O) groups is 2. The zero-order valence-corrected chi connectivity index (χ0v) is 19.2. The molecule has 0 aliphatic carbocycles. The Morgan fingerprint density at radius 1 is 0.939 bits per heavy atom. The van der Waals surface area contributed by atoms with E-state index in [0.717, 1.165) is 0 Å². The van der Waals surface area contributed by atoms with Crippen LogP contribution < -0.4 is 20.3 Å². The van der Waals surface area contributed by atoms with E-state index >= 15 is 0 Å². The number of halogens is 1. The van der Waals surface area contributed by atoms with Crippen molar-refractivity contribution < 1.29 is 23.5 Å². The average Bonchev–Trinajstić information content (AvgIpc) is 2.83. The molecule has 6 nitrogen and oxygen atoms in total. The highest BCUT2D eigenvalue weighted by atomic mass is 32.2. The molecule has 0 saturated heterocycles. The van der Waals surface area contributed by atoms with Crippen molar-refractivity contribution in [1.82, 2.24) is 10.9 Å². The number of carbonyl (C=O) groups excluding carboxylic acids is 2. The lowest BCUT2D eigenvalue weighted by molar-refractivity contribution is -0.128. The smallest absolute Gasteiger partial charge is 0.279 e. The Hall–Kier alpha value is -3.52. The molecule has 2 amide bonds. The van der Waals surface area contributed by atoms with E-state index in [1.807, 2.05) is 6.92 Å². The molecule has 3 aromatic carbocycles. The molecule has 8 heteroatoms. The highest BCUT2D eigenvalue weighted by molar-refractivity contribution is 7.98. The van der Waals surface area contributed by atoms with E-state index < -0.39 is 17.9 Å². The Kier molecular flexibility index (Phi) is 8.71. The maximum absolute atomic E-state index is 13.9. The number of ether oxygens (including phenoxy) is 2. The van der Waals surface area contributed by atoms with Crippen LogP contribution in [0.2, 0.25) is 0 Å². The van der Waals surface area contributed by atoms with Crippen LogP contribution in [0.4, 0.5) is 4.39 Å². The molecule has 0 fully saturated rings. The maximum atomic E-state index is 13.9. The fourth-order valence-corrected chi connectivity index (χ4v) is 3.91. The van der Waals surface area contributed by atoms with Crippen molar-refractivity contribution in [2.24, 2.45) is 0 Å². The third kappa shape index (κ3) is 6.98. The van der Waals surface area contributed by atoms with Crippen molar-refractivity contribution in [2.45, 2.75) is 30.6 Å². The van der Waals surface area contributed by atoms with Gasteiger partial charge in [-0.3, -0.25) is 20.4 Å². The Labute approximate surface area is 196 Å². The molecule has 3 aromatic rings. The van der Waals surface area contributed by atoms with Gasteiger partial charge in [0, 0.05) is 10.6 Å². The third-order valence-corrected chi connectivity index (χ3v) is 5.71. The molecule has 3 rings (SSSR count). The Bertz CT molecular complexity index is 1090.